The van der Waals surface area contributed by atoms with Gasteiger partial charge in [0.05, 0.1) is 19.6 Å². The number of halogens is 3. The molecule has 162 valence electrons. The zero-order valence-corrected chi connectivity index (χ0v) is 15.8. The van der Waals surface area contributed by atoms with Gasteiger partial charge in [-0.05, 0) is 6.42 Å². The zero-order chi connectivity index (χ0) is 22.0. The van der Waals surface area contributed by atoms with Crippen molar-refractivity contribution in [3.63, 3.8) is 0 Å². The van der Waals surface area contributed by atoms with Crippen molar-refractivity contribution in [2.24, 2.45) is 5.92 Å². The van der Waals surface area contributed by atoms with Crippen LogP contribution in [-0.4, -0.2) is 52.2 Å². The summed E-state index contributed by atoms with van der Waals surface area (Å²) < 4.78 is 43.7. The van der Waals surface area contributed by atoms with E-state index in [-0.39, 0.29) is 13.0 Å². The van der Waals surface area contributed by atoms with Crippen LogP contribution in [0.5, 0.6) is 0 Å². The summed E-state index contributed by atoms with van der Waals surface area (Å²) in [5.74, 6) is -3.38. The minimum absolute atomic E-state index is 0.137. The lowest BCUT2D eigenvalue weighted by atomic mass is 10.0. The van der Waals surface area contributed by atoms with Gasteiger partial charge in [-0.25, -0.2) is 19.8 Å². The van der Waals surface area contributed by atoms with Crippen molar-refractivity contribution < 1.29 is 37.5 Å². The first-order chi connectivity index (χ1) is 13.6. The molecule has 1 atom stereocenters. The van der Waals surface area contributed by atoms with Crippen molar-refractivity contribution in [3.8, 4) is 0 Å². The number of aromatic nitrogens is 2. The molecule has 0 fully saturated rings. The average Bonchev–Trinajstić information content (AvgIpc) is 2.69. The van der Waals surface area contributed by atoms with Crippen LogP contribution in [0.2, 0.25) is 0 Å². The summed E-state index contributed by atoms with van der Waals surface area (Å²) in [5, 5.41) is 9.63. The molecule has 1 heterocycles. The predicted octanol–water partition coefficient (Wildman–Crippen LogP) is 1.77. The second kappa shape index (κ2) is 11.1. The number of hydrazine groups is 1. The molecule has 13 heteroatoms. The normalized spacial score (nSPS) is 12.1. The molecule has 0 aliphatic rings. The fourth-order valence-corrected chi connectivity index (χ4v) is 2.35. The molecule has 0 aliphatic heterocycles. The number of methoxy groups -OCH3 is 1. The van der Waals surface area contributed by atoms with Crippen LogP contribution in [0.1, 0.15) is 48.7 Å². The number of rotatable bonds is 11. The van der Waals surface area contributed by atoms with Gasteiger partial charge in [-0.3, -0.25) is 25.6 Å². The summed E-state index contributed by atoms with van der Waals surface area (Å²) in [6.07, 6.45) is -1.53. The summed E-state index contributed by atoms with van der Waals surface area (Å²) in [5.41, 5.74) is 1.88. The number of hydrogen-bond donors (Lipinski definition) is 3. The smallest absolute Gasteiger partial charge is 0.434 e. The first-order valence-electron chi connectivity index (χ1n) is 8.63. The van der Waals surface area contributed by atoms with Gasteiger partial charge in [-0.15, -0.1) is 0 Å². The van der Waals surface area contributed by atoms with E-state index >= 15 is 0 Å². The van der Waals surface area contributed by atoms with Crippen LogP contribution in [0.3, 0.4) is 0 Å². The van der Waals surface area contributed by atoms with E-state index in [2.05, 4.69) is 25.6 Å². The highest BCUT2D eigenvalue weighted by molar-refractivity contribution is 5.90. The second-order valence-electron chi connectivity index (χ2n) is 5.98. The Labute approximate surface area is 164 Å². The third-order valence-corrected chi connectivity index (χ3v) is 3.82. The number of ether oxygens (including phenoxy) is 1. The van der Waals surface area contributed by atoms with E-state index in [1.807, 2.05) is 6.92 Å². The predicted molar refractivity (Wildman–Crippen MR) is 92.3 cm³/mol. The minimum Gasteiger partial charge on any atom is -0.465 e. The number of alkyl halides is 3. The van der Waals surface area contributed by atoms with Gasteiger partial charge in [-0.2, -0.15) is 13.2 Å². The van der Waals surface area contributed by atoms with E-state index in [4.69, 9.17) is 0 Å². The van der Waals surface area contributed by atoms with Gasteiger partial charge in [0.25, 0.3) is 0 Å². The van der Waals surface area contributed by atoms with Gasteiger partial charge in [-0.1, -0.05) is 26.2 Å². The van der Waals surface area contributed by atoms with E-state index < -0.39 is 41.2 Å². The molecule has 3 N–H and O–H groups in total. The molecule has 10 nitrogen and oxygen atoms in total. The van der Waals surface area contributed by atoms with Gasteiger partial charge < -0.3 is 4.74 Å². The molecule has 0 bridgehead atoms. The molecule has 0 aliphatic carbocycles. The largest absolute Gasteiger partial charge is 0.465 e. The van der Waals surface area contributed by atoms with Crippen LogP contribution in [0.25, 0.3) is 0 Å². The van der Waals surface area contributed by atoms with Crippen molar-refractivity contribution in [2.45, 2.75) is 38.8 Å². The molecule has 0 spiro atoms. The SMILES string of the molecule is CCCCC[C@H](CN(O)C=O)C(=O)NNc1ncc(C(=O)OC)c(C(F)(F)F)n1. The molecule has 0 aromatic carbocycles. The Kier molecular flexibility index (Phi) is 9.25. The maximum atomic E-state index is 13.1. The number of esters is 1. The van der Waals surface area contributed by atoms with E-state index in [9.17, 15) is 32.8 Å². The lowest BCUT2D eigenvalue weighted by Crippen LogP contribution is -2.40. The Morgan fingerprint density at radius 2 is 2.07 bits per heavy atom. The van der Waals surface area contributed by atoms with Crippen molar-refractivity contribution in [3.05, 3.63) is 17.5 Å². The lowest BCUT2D eigenvalue weighted by molar-refractivity contribution is -0.154. The third kappa shape index (κ3) is 7.52. The number of nitrogens with zero attached hydrogens (tertiary/aromatic N) is 3. The standard InChI is InChI=1S/C16H22F3N5O5/c1-3-4-5-6-10(8-24(28)9-25)13(26)22-23-15-20-7-11(14(27)29-2)12(21-15)16(17,18)19/h7,9-10,28H,3-6,8H2,1-2H3,(H,22,26)(H,20,21,23)/t10-/m1/s1. The number of amides is 2. The number of nitrogens with one attached hydrogen (secondary N) is 2. The van der Waals surface area contributed by atoms with Gasteiger partial charge in [0, 0.05) is 6.20 Å². The van der Waals surface area contributed by atoms with Crippen LogP contribution >= 0.6 is 0 Å². The molecule has 1 aromatic rings. The van der Waals surface area contributed by atoms with Crippen molar-refractivity contribution >= 4 is 24.2 Å². The minimum atomic E-state index is -4.96. The Balaban J connectivity index is 2.91. The molecule has 0 saturated carbocycles. The number of anilines is 1. The fourth-order valence-electron chi connectivity index (χ4n) is 2.35. The van der Waals surface area contributed by atoms with Crippen LogP contribution in [0, 0.1) is 5.92 Å². The van der Waals surface area contributed by atoms with Crippen molar-refractivity contribution in [1.82, 2.24) is 20.5 Å². The Morgan fingerprint density at radius 3 is 2.62 bits per heavy atom. The van der Waals surface area contributed by atoms with Gasteiger partial charge in [0.1, 0.15) is 5.56 Å². The molecular weight excluding hydrogens is 399 g/mol. The van der Waals surface area contributed by atoms with Gasteiger partial charge >= 0.3 is 12.1 Å². The molecule has 1 aromatic heterocycles. The lowest BCUT2D eigenvalue weighted by Gasteiger charge is -2.20. The molecule has 0 radical (unpaired) electrons. The zero-order valence-electron chi connectivity index (χ0n) is 15.8. The summed E-state index contributed by atoms with van der Waals surface area (Å²) in [7, 11) is 0.914. The van der Waals surface area contributed by atoms with Crippen LogP contribution < -0.4 is 10.9 Å². The molecule has 29 heavy (non-hydrogen) atoms. The number of carbonyl (C=O) groups excluding carboxylic acids is 3. The van der Waals surface area contributed by atoms with Crippen LogP contribution in [-0.2, 0) is 20.5 Å². The number of carbonyl (C=O) groups is 3. The number of hydroxylamine groups is 2. The Bertz CT molecular complexity index is 717. The molecule has 0 saturated heterocycles. The van der Waals surface area contributed by atoms with Crippen molar-refractivity contribution in [2.75, 3.05) is 19.1 Å². The van der Waals surface area contributed by atoms with E-state index in [0.717, 1.165) is 20.0 Å². The van der Waals surface area contributed by atoms with E-state index in [1.54, 1.807) is 0 Å². The summed E-state index contributed by atoms with van der Waals surface area (Å²) in [4.78, 5) is 41.1. The molecule has 2 amide bonds. The van der Waals surface area contributed by atoms with Crippen molar-refractivity contribution in [1.29, 1.82) is 0 Å². The summed E-state index contributed by atoms with van der Waals surface area (Å²) in [6.45, 7) is 1.66. The van der Waals surface area contributed by atoms with Crippen LogP contribution in [0.4, 0.5) is 19.1 Å². The van der Waals surface area contributed by atoms with E-state index in [0.29, 0.717) is 24.1 Å². The van der Waals surface area contributed by atoms with Crippen LogP contribution in [0.15, 0.2) is 6.20 Å². The highest BCUT2D eigenvalue weighted by Gasteiger charge is 2.38. The summed E-state index contributed by atoms with van der Waals surface area (Å²) in [6, 6.07) is 0. The topological polar surface area (TPSA) is 134 Å². The van der Waals surface area contributed by atoms with E-state index in [1.165, 1.54) is 0 Å². The fraction of sp³-hybridized carbons (Fsp3) is 0.562. The maximum absolute atomic E-state index is 13.1. The first-order valence-corrected chi connectivity index (χ1v) is 8.63. The quantitative estimate of drug-likeness (QED) is 0.162. The third-order valence-electron chi connectivity index (χ3n) is 3.82. The molecule has 1 rings (SSSR count). The monoisotopic (exact) mass is 421 g/mol. The maximum Gasteiger partial charge on any atom is 0.434 e. The highest BCUT2D eigenvalue weighted by Crippen LogP contribution is 2.31. The molecular formula is C16H22F3N5O5. The number of unbranched alkanes of at least 4 members (excludes halogenated alkanes) is 2. The highest BCUT2D eigenvalue weighted by atomic mass is 19.4. The van der Waals surface area contributed by atoms with Gasteiger partial charge in [0.15, 0.2) is 5.69 Å². The average molecular weight is 421 g/mol. The number of hydrogen-bond acceptors (Lipinski definition) is 8. The molecule has 0 unspecified atom stereocenters. The summed E-state index contributed by atoms with van der Waals surface area (Å²) >= 11 is 0. The van der Waals surface area contributed by atoms with Gasteiger partial charge in [0.2, 0.25) is 18.3 Å². The Morgan fingerprint density at radius 1 is 1.38 bits per heavy atom. The first kappa shape index (κ1) is 24.1. The Hall–Kier alpha value is -2.96. The second-order valence-corrected chi connectivity index (χ2v) is 5.98.